The lowest BCUT2D eigenvalue weighted by atomic mass is 10.2. The molecule has 31 heavy (non-hydrogen) atoms. The Balaban J connectivity index is 1.51. The van der Waals surface area contributed by atoms with Gasteiger partial charge >= 0.3 is 6.36 Å². The molecule has 0 bridgehead atoms. The minimum atomic E-state index is -4.74. The number of halogens is 3. The van der Waals surface area contributed by atoms with Crippen molar-refractivity contribution in [1.29, 1.82) is 0 Å². The number of pyridine rings is 1. The predicted molar refractivity (Wildman–Crippen MR) is 105 cm³/mol. The number of benzene rings is 1. The Hall–Kier alpha value is -3.89. The fraction of sp³-hybridized carbons (Fsp3) is 0.200. The lowest BCUT2D eigenvalue weighted by Crippen LogP contribution is -2.17. The number of aryl methyl sites for hydroxylation is 1. The molecule has 0 aliphatic rings. The number of hydrogen-bond acceptors (Lipinski definition) is 5. The summed E-state index contributed by atoms with van der Waals surface area (Å²) in [7, 11) is 0. The number of nitrogens with one attached hydrogen (secondary N) is 2. The van der Waals surface area contributed by atoms with Crippen LogP contribution in [-0.2, 0) is 17.8 Å². The highest BCUT2D eigenvalue weighted by molar-refractivity contribution is 5.89. The number of anilines is 1. The van der Waals surface area contributed by atoms with Gasteiger partial charge in [0.1, 0.15) is 17.1 Å². The average Bonchev–Trinajstić information content (AvgIpc) is 3.35. The van der Waals surface area contributed by atoms with E-state index in [2.05, 4.69) is 30.0 Å². The average molecular weight is 430 g/mol. The van der Waals surface area contributed by atoms with E-state index in [1.807, 2.05) is 10.6 Å². The molecule has 0 aliphatic heterocycles. The summed E-state index contributed by atoms with van der Waals surface area (Å²) in [5.74, 6) is 0.482. The maximum absolute atomic E-state index is 12.4. The standard InChI is InChI=1S/C20H17F3N6O2/c21-20(22,23)31-14-5-3-13(4-6-14)12-29-16(27-15-2-1-9-24-18(15)29)7-8-17(30)28-19-25-10-11-26-19/h1-6,9-11H,7-8,12H2,(H2,25,26,28,30). The second-order valence-corrected chi connectivity index (χ2v) is 6.64. The van der Waals surface area contributed by atoms with Crippen molar-refractivity contribution in [2.75, 3.05) is 5.32 Å². The molecule has 0 fully saturated rings. The number of H-pyrrole nitrogens is 1. The number of aromatic nitrogens is 5. The highest BCUT2D eigenvalue weighted by Crippen LogP contribution is 2.24. The molecule has 0 spiro atoms. The van der Waals surface area contributed by atoms with Crippen LogP contribution in [0, 0.1) is 0 Å². The molecule has 0 radical (unpaired) electrons. The zero-order valence-corrected chi connectivity index (χ0v) is 16.1. The number of rotatable bonds is 7. The molecule has 1 amide bonds. The van der Waals surface area contributed by atoms with Crippen molar-refractivity contribution < 1.29 is 22.7 Å². The molecule has 1 aromatic carbocycles. The summed E-state index contributed by atoms with van der Waals surface area (Å²) in [5.41, 5.74) is 2.03. The number of imidazole rings is 2. The molecule has 4 aromatic rings. The van der Waals surface area contributed by atoms with Gasteiger partial charge in [0.15, 0.2) is 5.65 Å². The minimum Gasteiger partial charge on any atom is -0.406 e. The van der Waals surface area contributed by atoms with Crippen molar-refractivity contribution in [3.8, 4) is 5.75 Å². The number of fused-ring (bicyclic) bond motifs is 1. The van der Waals surface area contributed by atoms with E-state index in [0.717, 1.165) is 5.56 Å². The van der Waals surface area contributed by atoms with Gasteiger partial charge in [-0.15, -0.1) is 13.2 Å². The van der Waals surface area contributed by atoms with E-state index in [-0.39, 0.29) is 18.1 Å². The molecule has 0 saturated carbocycles. The fourth-order valence-electron chi connectivity index (χ4n) is 3.09. The number of aromatic amines is 1. The van der Waals surface area contributed by atoms with Gasteiger partial charge in [-0.2, -0.15) is 0 Å². The van der Waals surface area contributed by atoms with E-state index >= 15 is 0 Å². The Morgan fingerprint density at radius 2 is 1.94 bits per heavy atom. The third kappa shape index (κ3) is 5.18. The van der Waals surface area contributed by atoms with Gasteiger partial charge < -0.3 is 14.3 Å². The monoisotopic (exact) mass is 430 g/mol. The number of hydrogen-bond donors (Lipinski definition) is 2. The van der Waals surface area contributed by atoms with Crippen LogP contribution >= 0.6 is 0 Å². The molecule has 0 aliphatic carbocycles. The molecule has 0 unspecified atom stereocenters. The molecule has 4 rings (SSSR count). The van der Waals surface area contributed by atoms with Crippen molar-refractivity contribution in [3.05, 3.63) is 66.4 Å². The second-order valence-electron chi connectivity index (χ2n) is 6.64. The van der Waals surface area contributed by atoms with Gasteiger partial charge in [0, 0.05) is 31.4 Å². The van der Waals surface area contributed by atoms with Crippen LogP contribution < -0.4 is 10.1 Å². The van der Waals surface area contributed by atoms with E-state index < -0.39 is 6.36 Å². The summed E-state index contributed by atoms with van der Waals surface area (Å²) < 4.78 is 42.8. The molecule has 0 saturated heterocycles. The lowest BCUT2D eigenvalue weighted by molar-refractivity contribution is -0.274. The summed E-state index contributed by atoms with van der Waals surface area (Å²) >= 11 is 0. The van der Waals surface area contributed by atoms with Gasteiger partial charge in [-0.3, -0.25) is 10.1 Å². The van der Waals surface area contributed by atoms with Crippen LogP contribution in [0.15, 0.2) is 55.0 Å². The van der Waals surface area contributed by atoms with Crippen molar-refractivity contribution in [3.63, 3.8) is 0 Å². The Morgan fingerprint density at radius 1 is 1.13 bits per heavy atom. The van der Waals surface area contributed by atoms with Gasteiger partial charge in [0.05, 0.1) is 6.54 Å². The highest BCUT2D eigenvalue weighted by Gasteiger charge is 2.31. The number of alkyl halides is 3. The van der Waals surface area contributed by atoms with Gasteiger partial charge in [-0.1, -0.05) is 12.1 Å². The molecule has 160 valence electrons. The molecule has 3 heterocycles. The van der Waals surface area contributed by atoms with Gasteiger partial charge in [-0.05, 0) is 29.8 Å². The molecular weight excluding hydrogens is 413 g/mol. The Bertz CT molecular complexity index is 1170. The first-order valence-corrected chi connectivity index (χ1v) is 9.31. The van der Waals surface area contributed by atoms with Crippen molar-refractivity contribution in [2.45, 2.75) is 25.7 Å². The zero-order chi connectivity index (χ0) is 21.8. The van der Waals surface area contributed by atoms with E-state index in [0.29, 0.717) is 35.9 Å². The number of amides is 1. The number of nitrogens with zero attached hydrogens (tertiary/aromatic N) is 4. The SMILES string of the molecule is O=C(CCc1nc2cccnc2n1Cc1ccc(OC(F)(F)F)cc1)Nc1ncc[nH]1. The maximum Gasteiger partial charge on any atom is 0.573 e. The molecule has 2 N–H and O–H groups in total. The number of carbonyl (C=O) groups excluding carboxylic acids is 1. The van der Waals surface area contributed by atoms with E-state index in [4.69, 9.17) is 0 Å². The second kappa shape index (κ2) is 8.46. The number of ether oxygens (including phenoxy) is 1. The summed E-state index contributed by atoms with van der Waals surface area (Å²) in [4.78, 5) is 27.9. The number of carbonyl (C=O) groups is 1. The van der Waals surface area contributed by atoms with Crippen molar-refractivity contribution in [2.24, 2.45) is 0 Å². The van der Waals surface area contributed by atoms with E-state index in [1.54, 1.807) is 30.6 Å². The first-order valence-electron chi connectivity index (χ1n) is 9.31. The Morgan fingerprint density at radius 3 is 2.65 bits per heavy atom. The summed E-state index contributed by atoms with van der Waals surface area (Å²) in [6.07, 6.45) is 0.543. The molecular formula is C20H17F3N6O2. The summed E-state index contributed by atoms with van der Waals surface area (Å²) in [5, 5.41) is 2.66. The molecule has 8 nitrogen and oxygen atoms in total. The topological polar surface area (TPSA) is 97.7 Å². The summed E-state index contributed by atoms with van der Waals surface area (Å²) in [6.45, 7) is 0.328. The fourth-order valence-corrected chi connectivity index (χ4v) is 3.09. The minimum absolute atomic E-state index is 0.169. The van der Waals surface area contributed by atoms with Crippen LogP contribution in [-0.4, -0.2) is 36.8 Å². The zero-order valence-electron chi connectivity index (χ0n) is 16.1. The predicted octanol–water partition coefficient (Wildman–Crippen LogP) is 3.67. The van der Waals surface area contributed by atoms with E-state index in [1.165, 1.54) is 18.3 Å². The van der Waals surface area contributed by atoms with Crippen molar-refractivity contribution in [1.82, 2.24) is 24.5 Å². The van der Waals surface area contributed by atoms with Crippen LogP contribution in [0.3, 0.4) is 0 Å². The quantitative estimate of drug-likeness (QED) is 0.466. The van der Waals surface area contributed by atoms with Crippen LogP contribution in [0.25, 0.3) is 11.2 Å². The Labute approximate surface area is 174 Å². The van der Waals surface area contributed by atoms with Crippen LogP contribution in [0.2, 0.25) is 0 Å². The van der Waals surface area contributed by atoms with E-state index in [9.17, 15) is 18.0 Å². The lowest BCUT2D eigenvalue weighted by Gasteiger charge is -2.11. The van der Waals surface area contributed by atoms with Gasteiger partial charge in [0.2, 0.25) is 11.9 Å². The van der Waals surface area contributed by atoms with Gasteiger partial charge in [0.25, 0.3) is 0 Å². The maximum atomic E-state index is 12.4. The normalized spacial score (nSPS) is 11.6. The van der Waals surface area contributed by atoms with Crippen LogP contribution in [0.4, 0.5) is 19.1 Å². The van der Waals surface area contributed by atoms with Crippen LogP contribution in [0.1, 0.15) is 17.8 Å². The van der Waals surface area contributed by atoms with Crippen molar-refractivity contribution >= 4 is 23.0 Å². The first-order chi connectivity index (χ1) is 14.9. The smallest absolute Gasteiger partial charge is 0.406 e. The Kier molecular flexibility index (Phi) is 5.56. The highest BCUT2D eigenvalue weighted by atomic mass is 19.4. The third-order valence-electron chi connectivity index (χ3n) is 4.41. The van der Waals surface area contributed by atoms with Gasteiger partial charge in [-0.25, -0.2) is 15.0 Å². The largest absolute Gasteiger partial charge is 0.573 e. The summed E-state index contributed by atoms with van der Waals surface area (Å²) in [6, 6.07) is 9.17. The van der Waals surface area contributed by atoms with Crippen LogP contribution in [0.5, 0.6) is 5.75 Å². The molecule has 11 heteroatoms. The molecule has 3 aromatic heterocycles. The third-order valence-corrected chi connectivity index (χ3v) is 4.41. The first kappa shape index (κ1) is 20.4. The molecule has 0 atom stereocenters.